The minimum Gasteiger partial charge on any atom is -0.508 e. The monoisotopic (exact) mass is 992 g/mol. The van der Waals surface area contributed by atoms with Crippen LogP contribution in [0.3, 0.4) is 0 Å². The standard InChI is InChI=1S/C32H16N8.2C10H14O.Hf/c1-2-10-18-17(9-1)25-33-26(18)38-28-21-13-5-6-14-22(21)30(35-28)40-32-24-16-8-7-15-23(24)31(36-32)39-29-20-12-4-3-11-19(20)27(34-29)37-25;2*1-10(2,3)8-4-6-9(11)7-5-8;/h1-16H;2*4-7,11H,1-3H3;/q-2;;;. The van der Waals surface area contributed by atoms with Gasteiger partial charge < -0.3 is 40.1 Å². The Labute approximate surface area is 384 Å². The van der Waals surface area contributed by atoms with Crippen LogP contribution in [0.5, 0.6) is 11.5 Å². The second-order valence-corrected chi connectivity index (χ2v) is 17.3. The summed E-state index contributed by atoms with van der Waals surface area (Å²) >= 11 is 0. The van der Waals surface area contributed by atoms with Crippen molar-refractivity contribution in [3.8, 4) is 57.1 Å². The number of benzene rings is 6. The number of aromatic nitrogens is 8. The molecule has 9 aromatic rings. The largest absolute Gasteiger partial charge is 0.508 e. The van der Waals surface area contributed by atoms with Gasteiger partial charge in [-0.2, -0.15) is 0 Å². The number of aromatic hydroxyl groups is 2. The van der Waals surface area contributed by atoms with Gasteiger partial charge in [0.05, 0.1) is 23.3 Å². The Balaban J connectivity index is 0.000000195. The zero-order valence-electron chi connectivity index (χ0n) is 35.8. The molecule has 0 saturated heterocycles. The van der Waals surface area contributed by atoms with E-state index >= 15 is 0 Å². The Hall–Kier alpha value is -6.85. The van der Waals surface area contributed by atoms with Crippen molar-refractivity contribution in [2.24, 2.45) is 0 Å². The molecule has 0 atom stereocenters. The van der Waals surface area contributed by atoms with Gasteiger partial charge >= 0.3 is 0 Å². The van der Waals surface area contributed by atoms with Gasteiger partial charge in [0, 0.05) is 70.7 Å². The minimum absolute atomic E-state index is 0. The van der Waals surface area contributed by atoms with Crippen LogP contribution >= 0.6 is 0 Å². The molecule has 0 unspecified atom stereocenters. The fourth-order valence-corrected chi connectivity index (χ4v) is 7.38. The number of hydrogen-bond acceptors (Lipinski definition) is 8. The van der Waals surface area contributed by atoms with E-state index in [2.05, 4.69) is 41.5 Å². The molecule has 3 aromatic heterocycles. The molecule has 0 saturated carbocycles. The van der Waals surface area contributed by atoms with Crippen molar-refractivity contribution in [3.63, 3.8) is 0 Å². The van der Waals surface area contributed by atoms with Crippen LogP contribution in [0.2, 0.25) is 0 Å². The molecular weight excluding hydrogens is 947 g/mol. The molecule has 0 fully saturated rings. The smallest absolute Gasteiger partial charge is 0.115 e. The maximum atomic E-state index is 9.02. The van der Waals surface area contributed by atoms with Crippen LogP contribution in [0.25, 0.3) is 89.7 Å². The third-order valence-corrected chi connectivity index (χ3v) is 10.8. The first-order valence-corrected chi connectivity index (χ1v) is 20.5. The average molecular weight is 991 g/mol. The number of rotatable bonds is 0. The van der Waals surface area contributed by atoms with Gasteiger partial charge in [-0.15, -0.1) is 0 Å². The summed E-state index contributed by atoms with van der Waals surface area (Å²) in [5.74, 6) is 2.87. The van der Waals surface area contributed by atoms with E-state index in [1.807, 2.05) is 121 Å². The summed E-state index contributed by atoms with van der Waals surface area (Å²) in [6.45, 7) is 12.9. The quantitative estimate of drug-likeness (QED) is 0.141. The molecule has 0 aliphatic carbocycles. The van der Waals surface area contributed by atoms with E-state index < -0.39 is 0 Å². The maximum Gasteiger partial charge on any atom is 0.115 e. The van der Waals surface area contributed by atoms with Gasteiger partial charge in [-0.3, -0.25) is 0 Å². The molecule has 0 radical (unpaired) electrons. The van der Waals surface area contributed by atoms with Gasteiger partial charge in [-0.1, -0.05) is 163 Å². The molecule has 310 valence electrons. The van der Waals surface area contributed by atoms with Gasteiger partial charge in [0.15, 0.2) is 0 Å². The SMILES string of the molecule is CC(C)(C)c1ccc(O)cc1.CC(C)(C)c1ccc(O)cc1.[Hf].c1ccc2c(c1)-c1nc-2nc2[n-]c(nc3nc(nc4[n-]c(n1)c1ccccc41)-c1ccccc1-3)c1ccccc21. The summed E-state index contributed by atoms with van der Waals surface area (Å²) in [7, 11) is 0. The van der Waals surface area contributed by atoms with Crippen molar-refractivity contribution in [2.75, 3.05) is 0 Å². The van der Waals surface area contributed by atoms with Gasteiger partial charge in [-0.25, -0.2) is 9.97 Å². The van der Waals surface area contributed by atoms with Crippen LogP contribution in [0.15, 0.2) is 146 Å². The van der Waals surface area contributed by atoms with Crippen molar-refractivity contribution in [3.05, 3.63) is 157 Å². The van der Waals surface area contributed by atoms with Gasteiger partial charge in [0.2, 0.25) is 0 Å². The van der Waals surface area contributed by atoms with Crippen LogP contribution in [0, 0.1) is 0 Å². The van der Waals surface area contributed by atoms with Crippen molar-refractivity contribution in [1.29, 1.82) is 0 Å². The van der Waals surface area contributed by atoms with E-state index in [1.54, 1.807) is 24.3 Å². The molecule has 2 aliphatic heterocycles. The number of hydrogen-bond donors (Lipinski definition) is 2. The average Bonchev–Trinajstić information content (AvgIpc) is 4.00. The summed E-state index contributed by atoms with van der Waals surface area (Å²) in [4.78, 5) is 39.3. The number of fused-ring (bicyclic) bond motifs is 20. The van der Waals surface area contributed by atoms with Crippen molar-refractivity contribution >= 4 is 44.1 Å². The summed E-state index contributed by atoms with van der Waals surface area (Å²) in [5, 5.41) is 21.6. The Bertz CT molecular complexity index is 2910. The summed E-state index contributed by atoms with van der Waals surface area (Å²) in [6, 6.07) is 46.5. The Morgan fingerprint density at radius 2 is 0.571 bits per heavy atom. The van der Waals surface area contributed by atoms with E-state index in [0.29, 0.717) is 57.4 Å². The van der Waals surface area contributed by atoms with E-state index in [0.717, 1.165) is 43.8 Å². The predicted octanol–water partition coefficient (Wildman–Crippen LogP) is 11.5. The van der Waals surface area contributed by atoms with E-state index in [-0.39, 0.29) is 36.7 Å². The molecule has 6 aromatic carbocycles. The molecule has 5 heterocycles. The third-order valence-electron chi connectivity index (χ3n) is 10.8. The molecule has 11 rings (SSSR count). The van der Waals surface area contributed by atoms with E-state index in [9.17, 15) is 0 Å². The van der Waals surface area contributed by atoms with Crippen LogP contribution in [0.1, 0.15) is 52.7 Å². The van der Waals surface area contributed by atoms with E-state index in [1.165, 1.54) is 11.1 Å². The number of nitrogens with zero attached hydrogens (tertiary/aromatic N) is 8. The number of phenolic OH excluding ortho intramolecular Hbond substituents is 2. The molecule has 63 heavy (non-hydrogen) atoms. The fourth-order valence-electron chi connectivity index (χ4n) is 7.38. The van der Waals surface area contributed by atoms with Gasteiger partial charge in [-0.05, 0) is 67.8 Å². The first-order chi connectivity index (χ1) is 29.8. The molecule has 0 amide bonds. The second kappa shape index (κ2) is 17.1. The second-order valence-electron chi connectivity index (χ2n) is 17.3. The Morgan fingerprint density at radius 1 is 0.333 bits per heavy atom. The first-order valence-electron chi connectivity index (χ1n) is 20.5. The predicted molar refractivity (Wildman–Crippen MR) is 248 cm³/mol. The molecule has 0 spiro atoms. The summed E-state index contributed by atoms with van der Waals surface area (Å²) in [6.07, 6.45) is 0. The third kappa shape index (κ3) is 8.79. The van der Waals surface area contributed by atoms with Crippen LogP contribution in [0.4, 0.5) is 0 Å². The maximum absolute atomic E-state index is 9.02. The zero-order chi connectivity index (χ0) is 43.2. The molecule has 8 bridgehead atoms. The van der Waals surface area contributed by atoms with Crippen LogP contribution in [-0.2, 0) is 36.7 Å². The molecule has 2 N–H and O–H groups in total. The Morgan fingerprint density at radius 3 is 0.810 bits per heavy atom. The Kier molecular flexibility index (Phi) is 11.6. The number of phenols is 2. The van der Waals surface area contributed by atoms with Crippen molar-refractivity contribution < 1.29 is 36.1 Å². The zero-order valence-corrected chi connectivity index (χ0v) is 39.4. The molecule has 11 heteroatoms. The van der Waals surface area contributed by atoms with Gasteiger partial charge in [0.25, 0.3) is 0 Å². The van der Waals surface area contributed by atoms with Gasteiger partial charge in [0.1, 0.15) is 11.5 Å². The van der Waals surface area contributed by atoms with Crippen LogP contribution < -0.4 is 9.97 Å². The van der Waals surface area contributed by atoms with Crippen molar-refractivity contribution in [1.82, 2.24) is 39.9 Å². The summed E-state index contributed by atoms with van der Waals surface area (Å²) in [5.41, 5.74) is 8.62. The minimum atomic E-state index is 0. The topological polar surface area (TPSA) is 146 Å². The summed E-state index contributed by atoms with van der Waals surface area (Å²) < 4.78 is 0. The normalized spacial score (nSPS) is 11.7. The van der Waals surface area contributed by atoms with E-state index in [4.69, 9.17) is 50.1 Å². The van der Waals surface area contributed by atoms with Crippen LogP contribution in [-0.4, -0.2) is 40.1 Å². The fraction of sp³-hybridized carbons (Fsp3) is 0.154. The first kappa shape index (κ1) is 42.8. The molecular formula is C52H44HfN8O2-2. The van der Waals surface area contributed by atoms with Crippen molar-refractivity contribution in [2.45, 2.75) is 52.4 Å². The molecule has 10 nitrogen and oxygen atoms in total. The molecule has 2 aliphatic rings.